The molecule has 0 saturated carbocycles. The molecule has 0 unspecified atom stereocenters. The van der Waals surface area contributed by atoms with E-state index in [4.69, 9.17) is 19.7 Å². The van der Waals surface area contributed by atoms with E-state index in [0.29, 0.717) is 23.0 Å². The van der Waals surface area contributed by atoms with Crippen molar-refractivity contribution in [2.45, 2.75) is 24.8 Å². The zero-order valence-electron chi connectivity index (χ0n) is 15.3. The maximum atomic E-state index is 12.9. The van der Waals surface area contributed by atoms with Crippen molar-refractivity contribution >= 4 is 32.9 Å². The Morgan fingerprint density at radius 2 is 1.96 bits per heavy atom. The Morgan fingerprint density at radius 1 is 1.21 bits per heavy atom. The highest BCUT2D eigenvalue weighted by molar-refractivity contribution is 7.92. The molecule has 0 fully saturated rings. The molecule has 3 rings (SSSR count). The molecule has 0 radical (unpaired) electrons. The number of carbonyl (C=O) groups is 1. The molecular formula is C18H19N3O6S. The van der Waals surface area contributed by atoms with E-state index in [9.17, 15) is 13.2 Å². The van der Waals surface area contributed by atoms with Gasteiger partial charge in [-0.1, -0.05) is 24.2 Å². The SMILES string of the molecule is CCc1ccc(OC)c(S(=O)(=O)Nc2noc3ccc(COC(N)=O)cc23)c1. The number of hydrogen-bond donors (Lipinski definition) is 2. The summed E-state index contributed by atoms with van der Waals surface area (Å²) in [4.78, 5) is 10.8. The van der Waals surface area contributed by atoms with E-state index < -0.39 is 16.1 Å². The van der Waals surface area contributed by atoms with Crippen LogP contribution in [0.2, 0.25) is 0 Å². The molecule has 0 spiro atoms. The second-order valence-corrected chi connectivity index (χ2v) is 7.56. The van der Waals surface area contributed by atoms with Crippen molar-refractivity contribution in [3.63, 3.8) is 0 Å². The van der Waals surface area contributed by atoms with Crippen LogP contribution in [0, 0.1) is 0 Å². The largest absolute Gasteiger partial charge is 0.495 e. The minimum atomic E-state index is -3.99. The van der Waals surface area contributed by atoms with Crippen LogP contribution in [-0.4, -0.2) is 26.8 Å². The molecule has 0 bridgehead atoms. The summed E-state index contributed by atoms with van der Waals surface area (Å²) in [6.07, 6.45) is -0.239. The van der Waals surface area contributed by atoms with E-state index in [1.165, 1.54) is 7.11 Å². The van der Waals surface area contributed by atoms with Crippen LogP contribution in [0.15, 0.2) is 45.8 Å². The highest BCUT2D eigenvalue weighted by Crippen LogP contribution is 2.30. The van der Waals surface area contributed by atoms with Crippen molar-refractivity contribution in [1.82, 2.24) is 5.16 Å². The second-order valence-electron chi connectivity index (χ2n) is 5.91. The summed E-state index contributed by atoms with van der Waals surface area (Å²) in [5, 5.41) is 4.22. The number of methoxy groups -OCH3 is 1. The molecule has 28 heavy (non-hydrogen) atoms. The average Bonchev–Trinajstić information content (AvgIpc) is 3.07. The summed E-state index contributed by atoms with van der Waals surface area (Å²) in [7, 11) is -2.59. The van der Waals surface area contributed by atoms with Gasteiger partial charge in [0, 0.05) is 0 Å². The minimum Gasteiger partial charge on any atom is -0.495 e. The molecule has 0 aliphatic rings. The topological polar surface area (TPSA) is 134 Å². The molecule has 0 atom stereocenters. The summed E-state index contributed by atoms with van der Waals surface area (Å²) in [5.74, 6) is 0.230. The van der Waals surface area contributed by atoms with Gasteiger partial charge in [0.15, 0.2) is 11.4 Å². The van der Waals surface area contributed by atoms with E-state index in [-0.39, 0.29) is 23.1 Å². The summed E-state index contributed by atoms with van der Waals surface area (Å²) < 4.78 is 43.4. The molecule has 1 heterocycles. The van der Waals surface area contributed by atoms with Gasteiger partial charge in [0.25, 0.3) is 10.0 Å². The predicted octanol–water partition coefficient (Wildman–Crippen LogP) is 2.79. The predicted molar refractivity (Wildman–Crippen MR) is 102 cm³/mol. The van der Waals surface area contributed by atoms with Gasteiger partial charge in [-0.05, 0) is 41.8 Å². The molecule has 0 aliphatic heterocycles. The molecule has 9 nitrogen and oxygen atoms in total. The number of anilines is 1. The Kier molecular flexibility index (Phi) is 5.41. The van der Waals surface area contributed by atoms with E-state index in [2.05, 4.69) is 9.88 Å². The van der Waals surface area contributed by atoms with E-state index in [1.807, 2.05) is 6.92 Å². The van der Waals surface area contributed by atoms with Crippen LogP contribution in [-0.2, 0) is 27.8 Å². The number of aromatic nitrogens is 1. The van der Waals surface area contributed by atoms with Crippen LogP contribution in [0.3, 0.4) is 0 Å². The number of primary amides is 1. The van der Waals surface area contributed by atoms with Crippen molar-refractivity contribution in [2.75, 3.05) is 11.8 Å². The first kappa shape index (κ1) is 19.5. The molecule has 148 valence electrons. The van der Waals surface area contributed by atoms with E-state index in [0.717, 1.165) is 5.56 Å². The molecule has 0 saturated heterocycles. The van der Waals surface area contributed by atoms with Crippen molar-refractivity contribution < 1.29 is 27.2 Å². The molecule has 1 aromatic heterocycles. The zero-order valence-corrected chi connectivity index (χ0v) is 16.1. The normalized spacial score (nSPS) is 11.4. The van der Waals surface area contributed by atoms with Crippen LogP contribution in [0.4, 0.5) is 10.6 Å². The molecule has 1 amide bonds. The highest BCUT2D eigenvalue weighted by Gasteiger charge is 2.23. The van der Waals surface area contributed by atoms with Crippen LogP contribution in [0.1, 0.15) is 18.1 Å². The number of amides is 1. The van der Waals surface area contributed by atoms with Gasteiger partial charge in [-0.25, -0.2) is 13.2 Å². The van der Waals surface area contributed by atoms with E-state index in [1.54, 1.807) is 36.4 Å². The van der Waals surface area contributed by atoms with Gasteiger partial charge in [0.1, 0.15) is 17.3 Å². The molecule has 10 heteroatoms. The number of fused-ring (bicyclic) bond motifs is 1. The van der Waals surface area contributed by atoms with Gasteiger partial charge in [-0.3, -0.25) is 4.72 Å². The third kappa shape index (κ3) is 4.01. The van der Waals surface area contributed by atoms with Gasteiger partial charge < -0.3 is 19.7 Å². The van der Waals surface area contributed by atoms with Crippen molar-refractivity contribution in [1.29, 1.82) is 0 Å². The summed E-state index contributed by atoms with van der Waals surface area (Å²) in [5.41, 5.74) is 6.78. The number of aryl methyl sites for hydroxylation is 1. The number of carbonyl (C=O) groups excluding carboxylic acids is 1. The molecule has 3 aromatic rings. The number of benzene rings is 2. The smallest absolute Gasteiger partial charge is 0.404 e. The molecule has 2 aromatic carbocycles. The number of nitrogens with two attached hydrogens (primary N) is 1. The van der Waals surface area contributed by atoms with Gasteiger partial charge in [0.2, 0.25) is 0 Å². The number of nitrogens with zero attached hydrogens (tertiary/aromatic N) is 1. The van der Waals surface area contributed by atoms with E-state index >= 15 is 0 Å². The Morgan fingerprint density at radius 3 is 2.64 bits per heavy atom. The number of ether oxygens (including phenoxy) is 2. The maximum Gasteiger partial charge on any atom is 0.404 e. The first-order valence-electron chi connectivity index (χ1n) is 8.34. The first-order valence-corrected chi connectivity index (χ1v) is 9.82. The minimum absolute atomic E-state index is 0.00119. The molecule has 0 aliphatic carbocycles. The summed E-state index contributed by atoms with van der Waals surface area (Å²) >= 11 is 0. The first-order chi connectivity index (χ1) is 13.3. The lowest BCUT2D eigenvalue weighted by Gasteiger charge is -2.11. The van der Waals surface area contributed by atoms with Gasteiger partial charge in [0.05, 0.1) is 12.5 Å². The molecule has 3 N–H and O–H groups in total. The van der Waals surface area contributed by atoms with Crippen molar-refractivity contribution in [2.24, 2.45) is 5.73 Å². The number of hydrogen-bond acceptors (Lipinski definition) is 7. The Balaban J connectivity index is 1.97. The van der Waals surface area contributed by atoms with Crippen LogP contribution >= 0.6 is 0 Å². The van der Waals surface area contributed by atoms with Crippen LogP contribution in [0.25, 0.3) is 11.0 Å². The standard InChI is InChI=1S/C18H19N3O6S/c1-3-11-4-7-15(25-2)16(9-11)28(23,24)21-17-13-8-12(10-26-18(19)22)5-6-14(13)27-20-17/h4-9H,3,10H2,1-2H3,(H2,19,22)(H,20,21). The molecular weight excluding hydrogens is 386 g/mol. The lowest BCUT2D eigenvalue weighted by atomic mass is 10.2. The summed E-state index contributed by atoms with van der Waals surface area (Å²) in [6.45, 7) is 1.86. The Bertz CT molecular complexity index is 1120. The average molecular weight is 405 g/mol. The number of sulfonamides is 1. The van der Waals surface area contributed by atoms with Crippen LogP contribution in [0.5, 0.6) is 5.75 Å². The monoisotopic (exact) mass is 405 g/mol. The van der Waals surface area contributed by atoms with Crippen molar-refractivity contribution in [3.8, 4) is 5.75 Å². The second kappa shape index (κ2) is 7.77. The fourth-order valence-corrected chi connectivity index (χ4v) is 3.87. The summed E-state index contributed by atoms with van der Waals surface area (Å²) in [6, 6.07) is 9.81. The highest BCUT2D eigenvalue weighted by atomic mass is 32.2. The maximum absolute atomic E-state index is 12.9. The number of rotatable bonds is 7. The Labute approximate surface area is 161 Å². The van der Waals surface area contributed by atoms with Gasteiger partial charge in [-0.15, -0.1) is 0 Å². The lowest BCUT2D eigenvalue weighted by molar-refractivity contribution is 0.150. The van der Waals surface area contributed by atoms with Gasteiger partial charge >= 0.3 is 6.09 Å². The quantitative estimate of drug-likeness (QED) is 0.617. The Hall–Kier alpha value is -3.27. The number of nitrogens with one attached hydrogen (secondary N) is 1. The fraction of sp³-hybridized carbons (Fsp3) is 0.222. The third-order valence-electron chi connectivity index (χ3n) is 4.07. The zero-order chi connectivity index (χ0) is 20.3. The van der Waals surface area contributed by atoms with Crippen molar-refractivity contribution in [3.05, 3.63) is 47.5 Å². The fourth-order valence-electron chi connectivity index (χ4n) is 2.64. The van der Waals surface area contributed by atoms with Gasteiger partial charge in [-0.2, -0.15) is 0 Å². The van der Waals surface area contributed by atoms with Crippen LogP contribution < -0.4 is 15.2 Å². The lowest BCUT2D eigenvalue weighted by Crippen LogP contribution is -2.15. The third-order valence-corrected chi connectivity index (χ3v) is 5.43.